The molecule has 0 bridgehead atoms. The van der Waals surface area contributed by atoms with Gasteiger partial charge in [-0.15, -0.1) is 0 Å². The Morgan fingerprint density at radius 3 is 1.40 bits per heavy atom. The third-order valence-corrected chi connectivity index (χ3v) is 1.82. The van der Waals surface area contributed by atoms with E-state index in [1.54, 1.807) is 12.1 Å². The number of carboxylic acids is 2. The van der Waals surface area contributed by atoms with Gasteiger partial charge in [-0.25, -0.2) is 9.59 Å². The first kappa shape index (κ1) is 18.0. The molecule has 0 aliphatic rings. The van der Waals surface area contributed by atoms with Gasteiger partial charge in [0.1, 0.15) is 0 Å². The Morgan fingerprint density at radius 1 is 0.900 bits per heavy atom. The predicted molar refractivity (Wildman–Crippen MR) is 68.2 cm³/mol. The number of halogens is 1. The standard InChI is InChI=1S/2C6H5NO2.ClH.Cu/c2*8-6(9)5-2-1-3-7-4-5;;/h2*1-4H,(H,8,9);1H;/q;;;+1/p-1. The van der Waals surface area contributed by atoms with Crippen LogP contribution in [0.3, 0.4) is 0 Å². The molecule has 2 aromatic rings. The number of aromatic carboxylic acids is 2. The van der Waals surface area contributed by atoms with Crippen LogP contribution in [0.1, 0.15) is 20.7 Å². The third kappa shape index (κ3) is 7.48. The third-order valence-electron chi connectivity index (χ3n) is 1.82. The van der Waals surface area contributed by atoms with Crippen molar-refractivity contribution < 1.29 is 34.9 Å². The van der Waals surface area contributed by atoms with Crippen molar-refractivity contribution in [2.75, 3.05) is 0 Å². The van der Waals surface area contributed by atoms with Crippen molar-refractivity contribution in [3.05, 3.63) is 60.2 Å². The zero-order chi connectivity index (χ0) is 15.4. The number of carbonyl (C=O) groups is 2. The Kier molecular flexibility index (Phi) is 9.86. The molecular weight excluding hydrogens is 335 g/mol. The second kappa shape index (κ2) is 10.9. The van der Waals surface area contributed by atoms with Crippen molar-refractivity contribution in [1.82, 2.24) is 9.97 Å². The molecule has 8 heteroatoms. The fourth-order valence-corrected chi connectivity index (χ4v) is 0.979. The number of carboxylic acid groups (broad SMARTS) is 2. The van der Waals surface area contributed by atoms with Gasteiger partial charge in [0, 0.05) is 24.8 Å². The summed E-state index contributed by atoms with van der Waals surface area (Å²) in [7, 11) is 4.20. The molecule has 0 saturated carbocycles. The van der Waals surface area contributed by atoms with Gasteiger partial charge in [-0.05, 0) is 24.3 Å². The average molecular weight is 345 g/mol. The van der Waals surface area contributed by atoms with Crippen LogP contribution >= 0.6 is 10.1 Å². The molecule has 110 valence electrons. The fourth-order valence-electron chi connectivity index (χ4n) is 0.979. The summed E-state index contributed by atoms with van der Waals surface area (Å²) >= 11 is 3.66. The molecule has 2 N–H and O–H groups in total. The molecule has 0 spiro atoms. The van der Waals surface area contributed by atoms with E-state index in [2.05, 4.69) is 35.2 Å². The minimum atomic E-state index is -0.942. The number of rotatable bonds is 2. The van der Waals surface area contributed by atoms with Crippen LogP contribution in [0, 0.1) is 0 Å². The van der Waals surface area contributed by atoms with E-state index in [9.17, 15) is 9.59 Å². The second-order valence-corrected chi connectivity index (χ2v) is 3.09. The summed E-state index contributed by atoms with van der Waals surface area (Å²) in [6, 6.07) is 6.16. The number of aromatic nitrogens is 2. The number of pyridine rings is 2. The van der Waals surface area contributed by atoms with Gasteiger partial charge in [0.15, 0.2) is 0 Å². The Balaban J connectivity index is 0.000000321. The van der Waals surface area contributed by atoms with Gasteiger partial charge in [-0.1, -0.05) is 0 Å². The molecule has 2 aromatic heterocycles. The van der Waals surface area contributed by atoms with E-state index < -0.39 is 11.9 Å². The molecule has 0 atom stereocenters. The van der Waals surface area contributed by atoms with Crippen molar-refractivity contribution in [3.63, 3.8) is 0 Å². The number of hydrogen-bond donors (Lipinski definition) is 2. The number of nitrogens with zero attached hydrogens (tertiary/aromatic N) is 2. The molecule has 2 rings (SSSR count). The van der Waals surface area contributed by atoms with Crippen molar-refractivity contribution in [1.29, 1.82) is 0 Å². The topological polar surface area (TPSA) is 100 Å². The van der Waals surface area contributed by atoms with Crippen molar-refractivity contribution in [3.8, 4) is 0 Å². The van der Waals surface area contributed by atoms with E-state index in [0.717, 1.165) is 0 Å². The molecule has 0 aromatic carbocycles. The van der Waals surface area contributed by atoms with E-state index in [0.29, 0.717) is 0 Å². The molecule has 6 nitrogen and oxygen atoms in total. The molecule has 0 aliphatic carbocycles. The average Bonchev–Trinajstić information content (AvgIpc) is 2.51. The van der Waals surface area contributed by atoms with Crippen LogP contribution in [-0.2, 0) is 15.1 Å². The summed E-state index contributed by atoms with van der Waals surface area (Å²) in [4.78, 5) is 27.6. The second-order valence-electron chi connectivity index (χ2n) is 3.09. The first-order valence-corrected chi connectivity index (χ1v) is 6.29. The molecular formula is C12H10ClCuN2O4. The van der Waals surface area contributed by atoms with Crippen LogP contribution in [0.2, 0.25) is 0 Å². The van der Waals surface area contributed by atoms with Crippen molar-refractivity contribution >= 4 is 22.0 Å². The van der Waals surface area contributed by atoms with Crippen LogP contribution in [-0.4, -0.2) is 32.1 Å². The van der Waals surface area contributed by atoms with Crippen LogP contribution in [0.25, 0.3) is 0 Å². The maximum atomic E-state index is 10.2. The first-order valence-electron chi connectivity index (χ1n) is 4.99. The Morgan fingerprint density at radius 2 is 1.25 bits per heavy atom. The van der Waals surface area contributed by atoms with Gasteiger partial charge in [-0.2, -0.15) is 0 Å². The summed E-state index contributed by atoms with van der Waals surface area (Å²) in [5, 5.41) is 16.7. The van der Waals surface area contributed by atoms with Gasteiger partial charge in [0.05, 0.1) is 11.1 Å². The van der Waals surface area contributed by atoms with Gasteiger partial charge >= 0.3 is 37.1 Å². The van der Waals surface area contributed by atoms with Gasteiger partial charge in [0.2, 0.25) is 0 Å². The van der Waals surface area contributed by atoms with Gasteiger partial charge in [0.25, 0.3) is 0 Å². The van der Waals surface area contributed by atoms with Gasteiger partial charge < -0.3 is 10.2 Å². The minimum absolute atomic E-state index is 0.220. The van der Waals surface area contributed by atoms with Crippen molar-refractivity contribution in [2.24, 2.45) is 0 Å². The first-order chi connectivity index (χ1) is 9.61. The van der Waals surface area contributed by atoms with Crippen molar-refractivity contribution in [2.45, 2.75) is 0 Å². The van der Waals surface area contributed by atoms with E-state index in [1.165, 1.54) is 36.9 Å². The molecule has 2 heterocycles. The Bertz CT molecular complexity index is 476. The van der Waals surface area contributed by atoms with E-state index >= 15 is 0 Å². The summed E-state index contributed by atoms with van der Waals surface area (Å²) in [5.74, 6) is -1.88. The van der Waals surface area contributed by atoms with Crippen LogP contribution in [0.5, 0.6) is 0 Å². The normalized spacial score (nSPS) is 8.35. The summed E-state index contributed by atoms with van der Waals surface area (Å²) < 4.78 is 0. The van der Waals surface area contributed by atoms with Crippen LogP contribution in [0.15, 0.2) is 49.1 Å². The Hall–Kier alpha value is -1.95. The maximum absolute atomic E-state index is 10.2. The zero-order valence-electron chi connectivity index (χ0n) is 9.90. The number of hydrogen-bond acceptors (Lipinski definition) is 4. The van der Waals surface area contributed by atoms with E-state index in [1.807, 2.05) is 0 Å². The fraction of sp³-hybridized carbons (Fsp3) is 0. The monoisotopic (exact) mass is 344 g/mol. The molecule has 0 unspecified atom stereocenters. The zero-order valence-corrected chi connectivity index (χ0v) is 11.6. The van der Waals surface area contributed by atoms with E-state index in [-0.39, 0.29) is 11.1 Å². The van der Waals surface area contributed by atoms with E-state index in [4.69, 9.17) is 10.2 Å². The van der Waals surface area contributed by atoms with Crippen LogP contribution in [0.4, 0.5) is 0 Å². The van der Waals surface area contributed by atoms with Gasteiger partial charge in [-0.3, -0.25) is 9.97 Å². The molecule has 0 amide bonds. The summed E-state index contributed by atoms with van der Waals surface area (Å²) in [5.41, 5.74) is 0.440. The predicted octanol–water partition coefficient (Wildman–Crippen LogP) is 2.25. The SMILES string of the molecule is O=C(O)c1cccnc1.O=C(O)c1cccnc1.[Cl][Cu]. The summed E-state index contributed by atoms with van der Waals surface area (Å²) in [6.45, 7) is 0. The molecule has 0 radical (unpaired) electrons. The Labute approximate surface area is 127 Å². The molecule has 0 aliphatic heterocycles. The molecule has 20 heavy (non-hydrogen) atoms. The molecule has 0 fully saturated rings. The summed E-state index contributed by atoms with van der Waals surface area (Å²) in [6.07, 6.45) is 5.68. The quantitative estimate of drug-likeness (QED) is 0.810. The van der Waals surface area contributed by atoms with Crippen LogP contribution < -0.4 is 0 Å². The molecule has 0 saturated heterocycles.